The molecule has 1 aromatic heterocycles. The molecule has 3 heterocycles. The molecule has 192 valence electrons. The Labute approximate surface area is 209 Å². The average molecular weight is 510 g/mol. The molecule has 1 aromatic rings. The van der Waals surface area contributed by atoms with Gasteiger partial charge in [0.1, 0.15) is 17.4 Å². The second-order valence-electron chi connectivity index (χ2n) is 10.4. The molecule has 4 fully saturated rings. The quantitative estimate of drug-likeness (QED) is 0.336. The number of ketones is 2. The number of ether oxygens (including phenoxy) is 3. The summed E-state index contributed by atoms with van der Waals surface area (Å²) in [5.74, 6) is -2.36. The van der Waals surface area contributed by atoms with Gasteiger partial charge in [0.25, 0.3) is 0 Å². The molecule has 35 heavy (non-hydrogen) atoms. The van der Waals surface area contributed by atoms with E-state index in [1.54, 1.807) is 0 Å². The summed E-state index contributed by atoms with van der Waals surface area (Å²) in [5.41, 5.74) is -0.817. The van der Waals surface area contributed by atoms with Crippen LogP contribution in [0, 0.1) is 11.3 Å². The summed E-state index contributed by atoms with van der Waals surface area (Å²) in [6.45, 7) is 3.12. The molecule has 0 aromatic carbocycles. The van der Waals surface area contributed by atoms with Crippen LogP contribution in [0.25, 0.3) is 0 Å². The summed E-state index contributed by atoms with van der Waals surface area (Å²) in [5, 5.41) is 0.0586. The molecule has 0 bridgehead atoms. The zero-order chi connectivity index (χ0) is 24.8. The monoisotopic (exact) mass is 509 g/mol. The third-order valence-corrected chi connectivity index (χ3v) is 8.53. The maximum absolute atomic E-state index is 13.9. The minimum atomic E-state index is -0.929. The summed E-state index contributed by atoms with van der Waals surface area (Å²) in [6, 6.07) is 1.32. The number of fused-ring (bicyclic) bond motifs is 1. The lowest BCUT2D eigenvalue weighted by Crippen LogP contribution is -2.60. The van der Waals surface area contributed by atoms with Crippen molar-refractivity contribution < 1.29 is 28.2 Å². The van der Waals surface area contributed by atoms with Gasteiger partial charge in [0, 0.05) is 25.1 Å². The molecule has 8 nitrogen and oxygen atoms in total. The van der Waals surface area contributed by atoms with Crippen LogP contribution in [0.4, 0.5) is 4.39 Å². The molecule has 0 N–H and O–H groups in total. The SMILES string of the molecule is C[C@H](Oc1cc(Cl)nc(C(=O)C2CCC[C@@]3(CCCCC34OCCO4)C2=O)n1)[C@@H]1C[C@@H](F)CN1C. The van der Waals surface area contributed by atoms with E-state index in [0.717, 1.165) is 19.3 Å². The predicted octanol–water partition coefficient (Wildman–Crippen LogP) is 3.79. The number of aromatic nitrogens is 2. The van der Waals surface area contributed by atoms with E-state index >= 15 is 0 Å². The number of alkyl halides is 1. The van der Waals surface area contributed by atoms with Crippen LogP contribution < -0.4 is 4.74 Å². The third-order valence-electron chi connectivity index (χ3n) is 8.33. The number of nitrogens with zero attached hydrogens (tertiary/aromatic N) is 3. The zero-order valence-electron chi connectivity index (χ0n) is 20.3. The highest BCUT2D eigenvalue weighted by molar-refractivity contribution is 6.29. The Balaban J connectivity index is 1.37. The van der Waals surface area contributed by atoms with Gasteiger partial charge in [0.05, 0.1) is 24.5 Å². The first-order valence-electron chi connectivity index (χ1n) is 12.7. The molecular weight excluding hydrogens is 477 g/mol. The lowest BCUT2D eigenvalue weighted by molar-refractivity contribution is -0.255. The Kier molecular flexibility index (Phi) is 6.89. The van der Waals surface area contributed by atoms with E-state index < -0.39 is 29.1 Å². The van der Waals surface area contributed by atoms with Crippen molar-refractivity contribution in [3.8, 4) is 5.88 Å². The highest BCUT2D eigenvalue weighted by Crippen LogP contribution is 2.56. The number of carbonyl (C=O) groups excluding carboxylic acids is 2. The van der Waals surface area contributed by atoms with Gasteiger partial charge in [-0.05, 0) is 46.1 Å². The first-order chi connectivity index (χ1) is 16.7. The van der Waals surface area contributed by atoms with Crippen LogP contribution >= 0.6 is 11.6 Å². The molecule has 5 atom stereocenters. The number of hydrogen-bond acceptors (Lipinski definition) is 8. The van der Waals surface area contributed by atoms with Gasteiger partial charge in [0.2, 0.25) is 17.5 Å². The highest BCUT2D eigenvalue weighted by atomic mass is 35.5. The minimum Gasteiger partial charge on any atom is -0.473 e. The summed E-state index contributed by atoms with van der Waals surface area (Å²) in [7, 11) is 1.85. The number of Topliss-reactive ketones (excluding diaryl/α,β-unsaturated/α-hetero) is 2. The van der Waals surface area contributed by atoms with Gasteiger partial charge in [-0.15, -0.1) is 0 Å². The molecule has 0 radical (unpaired) electrons. The molecule has 5 rings (SSSR count). The number of halogens is 2. The highest BCUT2D eigenvalue weighted by Gasteiger charge is 2.63. The maximum Gasteiger partial charge on any atom is 0.218 e. The van der Waals surface area contributed by atoms with E-state index in [0.29, 0.717) is 51.9 Å². The van der Waals surface area contributed by atoms with Crippen LogP contribution in [0.1, 0.15) is 68.9 Å². The summed E-state index contributed by atoms with van der Waals surface area (Å²) >= 11 is 6.23. The van der Waals surface area contributed by atoms with Gasteiger partial charge in [-0.25, -0.2) is 9.37 Å². The number of likely N-dealkylation sites (N-methyl/N-ethyl adjacent to an activating group) is 1. The molecule has 1 unspecified atom stereocenters. The first kappa shape index (κ1) is 25.0. The first-order valence-corrected chi connectivity index (χ1v) is 13.0. The number of carbonyl (C=O) groups is 2. The van der Waals surface area contributed by atoms with Crippen molar-refractivity contribution in [2.75, 3.05) is 26.8 Å². The Hall–Kier alpha value is -1.68. The fourth-order valence-corrected chi connectivity index (χ4v) is 6.84. The standard InChI is InChI=1S/C25H33ClFN3O5/c1-15(18-12-16(27)14-30(18)2)35-20-13-19(26)28-23(29-20)21(31)17-6-5-8-24(22(17)32)7-3-4-9-25(24)33-10-11-34-25/h13,15-18H,3-12,14H2,1-2H3/t15-,16+,17?,18-,24-/m0/s1. The van der Waals surface area contributed by atoms with E-state index in [-0.39, 0.29) is 34.8 Å². The van der Waals surface area contributed by atoms with E-state index in [2.05, 4.69) is 9.97 Å². The van der Waals surface area contributed by atoms with E-state index in [1.807, 2.05) is 18.9 Å². The Bertz CT molecular complexity index is 986. The van der Waals surface area contributed by atoms with Crippen molar-refractivity contribution in [2.24, 2.45) is 11.3 Å². The summed E-state index contributed by atoms with van der Waals surface area (Å²) < 4.78 is 31.9. The normalized spacial score (nSPS) is 33.9. The van der Waals surface area contributed by atoms with Crippen LogP contribution in [-0.4, -0.2) is 77.3 Å². The third kappa shape index (κ3) is 4.38. The van der Waals surface area contributed by atoms with Crippen LogP contribution in [0.3, 0.4) is 0 Å². The summed E-state index contributed by atoms with van der Waals surface area (Å²) in [6.07, 6.45) is 4.06. The minimum absolute atomic E-state index is 0.0586. The van der Waals surface area contributed by atoms with Gasteiger partial charge in [-0.3, -0.25) is 14.5 Å². The lowest BCUT2D eigenvalue weighted by atomic mass is 9.57. The van der Waals surface area contributed by atoms with E-state index in [1.165, 1.54) is 6.07 Å². The van der Waals surface area contributed by atoms with Crippen molar-refractivity contribution in [1.29, 1.82) is 0 Å². The molecule has 10 heteroatoms. The van der Waals surface area contributed by atoms with Gasteiger partial charge >= 0.3 is 0 Å². The second kappa shape index (κ2) is 9.65. The van der Waals surface area contributed by atoms with Crippen molar-refractivity contribution in [1.82, 2.24) is 14.9 Å². The molecule has 2 aliphatic carbocycles. The largest absolute Gasteiger partial charge is 0.473 e. The number of likely N-dealkylation sites (tertiary alicyclic amines) is 1. The fraction of sp³-hybridized carbons (Fsp3) is 0.760. The molecule has 2 spiro atoms. The van der Waals surface area contributed by atoms with Gasteiger partial charge in [-0.1, -0.05) is 24.4 Å². The van der Waals surface area contributed by atoms with E-state index in [4.69, 9.17) is 25.8 Å². The zero-order valence-corrected chi connectivity index (χ0v) is 21.1. The van der Waals surface area contributed by atoms with Crippen LogP contribution in [0.15, 0.2) is 6.07 Å². The number of hydrogen-bond donors (Lipinski definition) is 0. The Morgan fingerprint density at radius 2 is 1.94 bits per heavy atom. The van der Waals surface area contributed by atoms with Crippen molar-refractivity contribution >= 4 is 23.2 Å². The van der Waals surface area contributed by atoms with Crippen molar-refractivity contribution in [2.45, 2.75) is 82.4 Å². The van der Waals surface area contributed by atoms with Crippen LogP contribution in [0.5, 0.6) is 5.88 Å². The van der Waals surface area contributed by atoms with Crippen molar-refractivity contribution in [3.63, 3.8) is 0 Å². The van der Waals surface area contributed by atoms with E-state index in [9.17, 15) is 14.0 Å². The Morgan fingerprint density at radius 3 is 2.66 bits per heavy atom. The topological polar surface area (TPSA) is 90.8 Å². The average Bonchev–Trinajstić information content (AvgIpc) is 3.43. The smallest absolute Gasteiger partial charge is 0.218 e. The van der Waals surface area contributed by atoms with Gasteiger partial charge < -0.3 is 14.2 Å². The van der Waals surface area contributed by atoms with Crippen LogP contribution in [0.2, 0.25) is 5.15 Å². The van der Waals surface area contributed by atoms with Crippen molar-refractivity contribution in [3.05, 3.63) is 17.0 Å². The lowest BCUT2D eigenvalue weighted by Gasteiger charge is -2.51. The molecule has 4 aliphatic rings. The predicted molar refractivity (Wildman–Crippen MR) is 125 cm³/mol. The van der Waals surface area contributed by atoms with Gasteiger partial charge in [-0.2, -0.15) is 4.98 Å². The maximum atomic E-state index is 13.9. The second-order valence-corrected chi connectivity index (χ2v) is 10.8. The molecule has 0 amide bonds. The summed E-state index contributed by atoms with van der Waals surface area (Å²) in [4.78, 5) is 37.9. The number of rotatable bonds is 5. The molecular formula is C25H33ClFN3O5. The molecule has 2 aliphatic heterocycles. The fourth-order valence-electron chi connectivity index (χ4n) is 6.67. The Morgan fingerprint density at radius 1 is 1.23 bits per heavy atom. The van der Waals surface area contributed by atoms with Crippen LogP contribution in [-0.2, 0) is 14.3 Å². The molecule has 2 saturated carbocycles. The molecule has 2 saturated heterocycles. The van der Waals surface area contributed by atoms with Gasteiger partial charge in [0.15, 0.2) is 11.6 Å².